The van der Waals surface area contributed by atoms with Crippen LogP contribution in [0.25, 0.3) is 22.6 Å². The lowest BCUT2D eigenvalue weighted by Crippen LogP contribution is -2.13. The van der Waals surface area contributed by atoms with Crippen LogP contribution in [0.3, 0.4) is 0 Å². The molecule has 142 valence electrons. The van der Waals surface area contributed by atoms with Crippen molar-refractivity contribution < 1.29 is 8.78 Å². The van der Waals surface area contributed by atoms with E-state index in [1.165, 1.54) is 19.3 Å². The Morgan fingerprint density at radius 1 is 1.14 bits per heavy atom. The smallest absolute Gasteiger partial charge is 0.173 e. The monoisotopic (exact) mass is 419 g/mol. The molecule has 4 aromatic rings. The highest BCUT2D eigenvalue weighted by Crippen LogP contribution is 2.28. The molecule has 0 bridgehead atoms. The molecule has 2 aromatic carbocycles. The Balaban J connectivity index is 1.89. The van der Waals surface area contributed by atoms with E-state index in [0.29, 0.717) is 38.2 Å². The normalized spacial score (nSPS) is 11.3. The number of aromatic amines is 1. The van der Waals surface area contributed by atoms with Crippen molar-refractivity contribution in [3.8, 4) is 11.4 Å². The van der Waals surface area contributed by atoms with Crippen LogP contribution in [-0.4, -0.2) is 19.5 Å². The first-order chi connectivity index (χ1) is 13.4. The van der Waals surface area contributed by atoms with Crippen LogP contribution >= 0.6 is 23.2 Å². The summed E-state index contributed by atoms with van der Waals surface area (Å²) in [4.78, 5) is 11.6. The second kappa shape index (κ2) is 7.00. The van der Waals surface area contributed by atoms with Gasteiger partial charge in [-0.2, -0.15) is 0 Å². The Kier molecular flexibility index (Phi) is 4.64. The number of aromatic nitrogens is 4. The average molecular weight is 420 g/mol. The maximum absolute atomic E-state index is 14.0. The van der Waals surface area contributed by atoms with Crippen LogP contribution in [0, 0.1) is 24.0 Å². The summed E-state index contributed by atoms with van der Waals surface area (Å²) in [6.07, 6.45) is 1.47. The Bertz CT molecular complexity index is 1260. The molecule has 0 saturated heterocycles. The predicted molar refractivity (Wildman–Crippen MR) is 103 cm³/mol. The Labute approximate surface area is 168 Å². The fraction of sp³-hybridized carbons (Fsp3) is 0.105. The molecule has 0 fully saturated rings. The molecule has 0 aliphatic carbocycles. The molecule has 2 heterocycles. The van der Waals surface area contributed by atoms with E-state index >= 15 is 0 Å². The van der Waals surface area contributed by atoms with Gasteiger partial charge >= 0.3 is 0 Å². The van der Waals surface area contributed by atoms with Crippen molar-refractivity contribution >= 4 is 34.4 Å². The minimum Gasteiger partial charge on any atom is -0.334 e. The van der Waals surface area contributed by atoms with Crippen molar-refractivity contribution in [3.05, 3.63) is 75.0 Å². The summed E-state index contributed by atoms with van der Waals surface area (Å²) in [6, 6.07) is 7.69. The number of rotatable bonds is 3. The van der Waals surface area contributed by atoms with Crippen molar-refractivity contribution in [2.75, 3.05) is 0 Å². The van der Waals surface area contributed by atoms with E-state index in [0.717, 1.165) is 6.07 Å². The summed E-state index contributed by atoms with van der Waals surface area (Å²) in [6.45, 7) is 1.75. The van der Waals surface area contributed by atoms with Gasteiger partial charge in [-0.15, -0.1) is 0 Å². The summed E-state index contributed by atoms with van der Waals surface area (Å²) in [7, 11) is 0. The number of fused-ring (bicyclic) bond motifs is 1. The van der Waals surface area contributed by atoms with Gasteiger partial charge in [0, 0.05) is 21.2 Å². The van der Waals surface area contributed by atoms with Gasteiger partial charge in [-0.25, -0.2) is 18.7 Å². The largest absolute Gasteiger partial charge is 0.334 e. The van der Waals surface area contributed by atoms with E-state index in [9.17, 15) is 8.78 Å². The highest BCUT2D eigenvalue weighted by atomic mass is 35.5. The van der Waals surface area contributed by atoms with Crippen LogP contribution in [0.5, 0.6) is 0 Å². The Hall–Kier alpha value is -2.77. The molecule has 0 amide bonds. The molecule has 28 heavy (non-hydrogen) atoms. The van der Waals surface area contributed by atoms with Gasteiger partial charge < -0.3 is 9.55 Å². The van der Waals surface area contributed by atoms with Crippen molar-refractivity contribution in [2.24, 2.45) is 0 Å². The molecular formula is C19H13Cl2F2N5. The lowest BCUT2D eigenvalue weighted by Gasteiger charge is -2.10. The van der Waals surface area contributed by atoms with Crippen molar-refractivity contribution in [3.63, 3.8) is 0 Å². The summed E-state index contributed by atoms with van der Waals surface area (Å²) in [5.74, 6) is -1.55. The van der Waals surface area contributed by atoms with Gasteiger partial charge in [0.05, 0.1) is 12.9 Å². The predicted octanol–water partition coefficient (Wildman–Crippen LogP) is 4.85. The summed E-state index contributed by atoms with van der Waals surface area (Å²) in [5.41, 5.74) is 1.98. The topological polar surface area (TPSA) is 70.3 Å². The van der Waals surface area contributed by atoms with Gasteiger partial charge in [0.2, 0.25) is 0 Å². The summed E-state index contributed by atoms with van der Waals surface area (Å²) >= 11 is 12.5. The number of halogens is 4. The standard InChI is InChI=1S/C19H13Cl2F2N5/c1-9-10(5-6-14(22)15(9)23)18-26-16-17(24)25-8-28(19(16)27-18)7-11-12(20)3-2-4-13(11)21/h2-6,8,24H,7H2,1H3,(H,26,27). The molecule has 0 saturated carbocycles. The zero-order valence-electron chi connectivity index (χ0n) is 14.5. The summed E-state index contributed by atoms with van der Waals surface area (Å²) in [5, 5.41) is 9.04. The SMILES string of the molecule is Cc1c(-c2nc3c([nH]2)c(=N)ncn3Cc2c(Cl)cccc2Cl)ccc(F)c1F. The minimum atomic E-state index is -0.932. The molecule has 4 rings (SSSR count). The lowest BCUT2D eigenvalue weighted by atomic mass is 10.1. The molecule has 0 unspecified atom stereocenters. The first-order valence-corrected chi connectivity index (χ1v) is 9.00. The van der Waals surface area contributed by atoms with Gasteiger partial charge in [-0.05, 0) is 36.8 Å². The Morgan fingerprint density at radius 3 is 2.57 bits per heavy atom. The van der Waals surface area contributed by atoms with E-state index in [4.69, 9.17) is 28.6 Å². The molecule has 0 atom stereocenters. The maximum atomic E-state index is 14.0. The molecule has 0 aliphatic rings. The molecule has 0 spiro atoms. The van der Waals surface area contributed by atoms with Crippen LogP contribution in [0.1, 0.15) is 11.1 Å². The van der Waals surface area contributed by atoms with Gasteiger partial charge in [0.15, 0.2) is 22.8 Å². The van der Waals surface area contributed by atoms with Crippen molar-refractivity contribution in [1.29, 1.82) is 5.41 Å². The zero-order chi connectivity index (χ0) is 20.0. The first kappa shape index (κ1) is 18.6. The van der Waals surface area contributed by atoms with E-state index in [2.05, 4.69) is 15.0 Å². The second-order valence-electron chi connectivity index (χ2n) is 6.24. The zero-order valence-corrected chi connectivity index (χ0v) is 16.0. The van der Waals surface area contributed by atoms with Gasteiger partial charge in [0.1, 0.15) is 11.3 Å². The van der Waals surface area contributed by atoms with Crippen molar-refractivity contribution in [1.82, 2.24) is 19.5 Å². The van der Waals surface area contributed by atoms with E-state index < -0.39 is 11.6 Å². The molecule has 5 nitrogen and oxygen atoms in total. The molecular weight excluding hydrogens is 407 g/mol. The van der Waals surface area contributed by atoms with Crippen molar-refractivity contribution in [2.45, 2.75) is 13.5 Å². The number of H-pyrrole nitrogens is 1. The molecule has 2 aromatic heterocycles. The van der Waals surface area contributed by atoms with Gasteiger partial charge in [-0.1, -0.05) is 29.3 Å². The van der Waals surface area contributed by atoms with Gasteiger partial charge in [-0.3, -0.25) is 5.41 Å². The number of hydrogen-bond donors (Lipinski definition) is 2. The van der Waals surface area contributed by atoms with E-state index in [-0.39, 0.29) is 17.6 Å². The third kappa shape index (κ3) is 3.06. The average Bonchev–Trinajstić information content (AvgIpc) is 3.11. The van der Waals surface area contributed by atoms with Crippen LogP contribution in [0.15, 0.2) is 36.7 Å². The highest BCUT2D eigenvalue weighted by molar-refractivity contribution is 6.36. The van der Waals surface area contributed by atoms with Crippen LogP contribution in [0.2, 0.25) is 10.0 Å². The van der Waals surface area contributed by atoms with E-state index in [1.807, 2.05) is 0 Å². The third-order valence-electron chi connectivity index (χ3n) is 4.50. The fourth-order valence-corrected chi connectivity index (χ4v) is 3.51. The highest BCUT2D eigenvalue weighted by Gasteiger charge is 2.17. The van der Waals surface area contributed by atoms with Crippen LogP contribution in [0.4, 0.5) is 8.78 Å². The quantitative estimate of drug-likeness (QED) is 0.498. The molecule has 2 N–H and O–H groups in total. The number of benzene rings is 2. The first-order valence-electron chi connectivity index (χ1n) is 8.24. The second-order valence-corrected chi connectivity index (χ2v) is 7.05. The number of imidazole rings is 1. The molecule has 0 radical (unpaired) electrons. The molecule has 9 heteroatoms. The van der Waals surface area contributed by atoms with Gasteiger partial charge in [0.25, 0.3) is 0 Å². The number of hydrogen-bond acceptors (Lipinski definition) is 3. The summed E-state index contributed by atoms with van der Waals surface area (Å²) < 4.78 is 29.1. The fourth-order valence-electron chi connectivity index (χ4n) is 2.99. The number of nitrogens with zero attached hydrogens (tertiary/aromatic N) is 3. The maximum Gasteiger partial charge on any atom is 0.173 e. The lowest BCUT2D eigenvalue weighted by molar-refractivity contribution is 0.503. The Morgan fingerprint density at radius 2 is 1.86 bits per heavy atom. The van der Waals surface area contributed by atoms with E-state index in [1.54, 1.807) is 22.8 Å². The number of nitrogens with one attached hydrogen (secondary N) is 2. The van der Waals surface area contributed by atoms with Crippen LogP contribution < -0.4 is 5.49 Å². The van der Waals surface area contributed by atoms with Crippen LogP contribution in [-0.2, 0) is 6.54 Å². The molecule has 0 aliphatic heterocycles. The third-order valence-corrected chi connectivity index (χ3v) is 5.21. The minimum absolute atomic E-state index is 0.0181.